The van der Waals surface area contributed by atoms with Gasteiger partial charge in [-0.05, 0) is 88.2 Å². The van der Waals surface area contributed by atoms with Gasteiger partial charge in [0.05, 0.1) is 30.2 Å². The highest BCUT2D eigenvalue weighted by molar-refractivity contribution is 6.47. The van der Waals surface area contributed by atoms with Gasteiger partial charge in [-0.2, -0.15) is 5.26 Å². The zero-order valence-electron chi connectivity index (χ0n) is 28.8. The molecule has 0 radical (unpaired) electrons. The molecule has 0 aromatic heterocycles. The van der Waals surface area contributed by atoms with Crippen LogP contribution in [-0.2, 0) is 25.3 Å². The van der Waals surface area contributed by atoms with Crippen molar-refractivity contribution in [2.24, 2.45) is 17.3 Å². The summed E-state index contributed by atoms with van der Waals surface area (Å²) in [5, 5.41) is 13.0. The number of likely N-dealkylation sites (tertiary alicyclic amines) is 2. The Kier molecular flexibility index (Phi) is 9.46. The molecule has 3 saturated carbocycles. The summed E-state index contributed by atoms with van der Waals surface area (Å²) in [4.78, 5) is 30.2. The first-order chi connectivity index (χ1) is 22.6. The Morgan fingerprint density at radius 3 is 2.60 bits per heavy atom. The van der Waals surface area contributed by atoms with Gasteiger partial charge >= 0.3 is 13.2 Å². The van der Waals surface area contributed by atoms with Crippen molar-refractivity contribution in [2.45, 2.75) is 115 Å². The number of ether oxygens (including phenoxy) is 1. The molecule has 12 heteroatoms. The molecule has 0 unspecified atom stereocenters. The van der Waals surface area contributed by atoms with Gasteiger partial charge in [0, 0.05) is 25.0 Å². The van der Waals surface area contributed by atoms with E-state index in [1.807, 2.05) is 36.4 Å². The summed E-state index contributed by atoms with van der Waals surface area (Å²) in [6.45, 7) is 10.4. The lowest BCUT2D eigenvalue weighted by atomic mass is 9.43. The number of hydrogen-bond acceptors (Lipinski definition) is 7. The molecule has 1 aromatic rings. The van der Waals surface area contributed by atoms with Gasteiger partial charge in [0.25, 0.3) is 11.8 Å². The highest BCUT2D eigenvalue weighted by Gasteiger charge is 2.68. The third kappa shape index (κ3) is 6.75. The van der Waals surface area contributed by atoms with Gasteiger partial charge < -0.3 is 24.3 Å². The number of alkyl halides is 2. The monoisotopic (exact) mass is 666 g/mol. The Balaban J connectivity index is 1.11. The number of rotatable bonds is 9. The molecule has 3 heterocycles. The van der Waals surface area contributed by atoms with Crippen molar-refractivity contribution in [3.8, 4) is 6.07 Å². The minimum absolute atomic E-state index is 0.0356. The van der Waals surface area contributed by atoms with Gasteiger partial charge in [-0.1, -0.05) is 44.2 Å². The number of amides is 2. The molecule has 7 rings (SSSR count). The van der Waals surface area contributed by atoms with Crippen LogP contribution >= 0.6 is 0 Å². The van der Waals surface area contributed by atoms with Crippen molar-refractivity contribution in [1.29, 1.82) is 5.26 Å². The Bertz CT molecular complexity index is 1450. The summed E-state index contributed by atoms with van der Waals surface area (Å²) >= 11 is 0. The standard InChI is InChI=1S/C36H49BF2N4O5/c1-33(2,42-16-14-36(38,39)23-42)20-25(21-40)31(44)43-15-10-9-13-27(43)22-46-32(45)41-30(17-24-11-7-6-8-12-24)37-47-29-19-26-18-28(34(26,3)4)35(29,5)48-37/h6-8,11-12,20,26-30H,9-10,13-19,22-23H2,1-5H3,(H,41,45)/t26-,27+,28-,29+,30-,35-/m0/s1. The zero-order chi connectivity index (χ0) is 34.5. The van der Waals surface area contributed by atoms with Crippen LogP contribution in [0.15, 0.2) is 42.0 Å². The highest BCUT2D eigenvalue weighted by atomic mass is 19.3. The molecular formula is C36H49BF2N4O5. The predicted octanol–water partition coefficient (Wildman–Crippen LogP) is 5.54. The van der Waals surface area contributed by atoms with Crippen molar-refractivity contribution in [1.82, 2.24) is 15.1 Å². The molecule has 1 aromatic carbocycles. The first-order valence-corrected chi connectivity index (χ1v) is 17.5. The van der Waals surface area contributed by atoms with Gasteiger partial charge in [-0.3, -0.25) is 9.69 Å². The van der Waals surface area contributed by atoms with Crippen LogP contribution in [0.5, 0.6) is 0 Å². The lowest BCUT2D eigenvalue weighted by Gasteiger charge is -2.64. The van der Waals surface area contributed by atoms with Crippen LogP contribution in [0.4, 0.5) is 13.6 Å². The molecule has 260 valence electrons. The van der Waals surface area contributed by atoms with Gasteiger partial charge in [-0.15, -0.1) is 0 Å². The second-order valence-electron chi connectivity index (χ2n) is 15.9. The molecule has 0 spiro atoms. The number of hydrogen-bond donors (Lipinski definition) is 1. The molecule has 6 fully saturated rings. The van der Waals surface area contributed by atoms with Gasteiger partial charge in [-0.25, -0.2) is 13.6 Å². The summed E-state index contributed by atoms with van der Waals surface area (Å²) < 4.78 is 46.9. The molecule has 3 aliphatic heterocycles. The molecule has 48 heavy (non-hydrogen) atoms. The number of benzene rings is 1. The lowest BCUT2D eigenvalue weighted by Crippen LogP contribution is -2.65. The van der Waals surface area contributed by atoms with Crippen molar-refractivity contribution >= 4 is 19.1 Å². The van der Waals surface area contributed by atoms with Crippen molar-refractivity contribution in [3.63, 3.8) is 0 Å². The number of carbonyl (C=O) groups excluding carboxylic acids is 2. The van der Waals surface area contributed by atoms with Gasteiger partial charge in [0.1, 0.15) is 18.2 Å². The van der Waals surface area contributed by atoms with Crippen molar-refractivity contribution in [2.75, 3.05) is 26.2 Å². The van der Waals surface area contributed by atoms with E-state index in [0.717, 1.165) is 31.2 Å². The Morgan fingerprint density at radius 2 is 1.94 bits per heavy atom. The van der Waals surface area contributed by atoms with Crippen LogP contribution in [0.1, 0.15) is 78.7 Å². The van der Waals surface area contributed by atoms with Gasteiger partial charge in [0.2, 0.25) is 0 Å². The third-order valence-electron chi connectivity index (χ3n) is 12.0. The van der Waals surface area contributed by atoms with E-state index in [-0.39, 0.29) is 36.7 Å². The fraction of sp³-hybridized carbons (Fsp3) is 0.694. The fourth-order valence-corrected chi connectivity index (χ4v) is 8.93. The zero-order valence-corrected chi connectivity index (χ0v) is 28.8. The van der Waals surface area contributed by atoms with Crippen LogP contribution < -0.4 is 5.32 Å². The molecule has 2 bridgehead atoms. The fourth-order valence-electron chi connectivity index (χ4n) is 8.93. The number of nitrogens with zero attached hydrogens (tertiary/aromatic N) is 3. The minimum atomic E-state index is -2.79. The molecule has 6 atom stereocenters. The number of piperidine rings is 1. The lowest BCUT2D eigenvalue weighted by molar-refractivity contribution is -0.199. The third-order valence-corrected chi connectivity index (χ3v) is 12.0. The second-order valence-corrected chi connectivity index (χ2v) is 15.9. The average Bonchev–Trinajstić information content (AvgIpc) is 3.61. The van der Waals surface area contributed by atoms with E-state index in [1.54, 1.807) is 23.6 Å². The van der Waals surface area contributed by atoms with Crippen molar-refractivity contribution < 1.29 is 32.4 Å². The van der Waals surface area contributed by atoms with E-state index < -0.39 is 54.7 Å². The Morgan fingerprint density at radius 1 is 1.19 bits per heavy atom. The SMILES string of the molecule is CC1(C)[C@@H]2C[C@H]3OB([C@H](Cc4ccccc4)NC(=O)OC[C@H]4CCCCN4C(=O)C(C#N)=CC(C)(C)N4CCC(F)(F)C4)O[C@@]3(C)[C@H]1C2. The summed E-state index contributed by atoms with van der Waals surface area (Å²) in [6.07, 6.45) is 5.34. The summed E-state index contributed by atoms with van der Waals surface area (Å²) in [5.74, 6) is -2.78. The maximum absolute atomic E-state index is 13.9. The topological polar surface area (TPSA) is 104 Å². The number of nitriles is 1. The number of carbonyl (C=O) groups is 2. The largest absolute Gasteiger partial charge is 0.482 e. The predicted molar refractivity (Wildman–Crippen MR) is 177 cm³/mol. The molecular weight excluding hydrogens is 617 g/mol. The van der Waals surface area contributed by atoms with Crippen LogP contribution in [-0.4, -0.2) is 90.3 Å². The van der Waals surface area contributed by atoms with E-state index >= 15 is 0 Å². The van der Waals surface area contributed by atoms with E-state index in [0.29, 0.717) is 31.2 Å². The molecule has 3 saturated heterocycles. The average molecular weight is 667 g/mol. The highest BCUT2D eigenvalue weighted by Crippen LogP contribution is 2.65. The normalized spacial score (nSPS) is 31.8. The molecule has 1 N–H and O–H groups in total. The van der Waals surface area contributed by atoms with Crippen molar-refractivity contribution in [3.05, 3.63) is 47.5 Å². The quantitative estimate of drug-likeness (QED) is 0.210. The maximum atomic E-state index is 13.9. The van der Waals surface area contributed by atoms with Crippen LogP contribution in [0, 0.1) is 28.6 Å². The van der Waals surface area contributed by atoms with E-state index in [2.05, 4.69) is 26.1 Å². The molecule has 6 aliphatic rings. The molecule has 2 amide bonds. The van der Waals surface area contributed by atoms with E-state index in [4.69, 9.17) is 14.0 Å². The molecule has 9 nitrogen and oxygen atoms in total. The Labute approximate surface area is 283 Å². The van der Waals surface area contributed by atoms with Gasteiger partial charge in [0.15, 0.2) is 0 Å². The number of nitrogens with one attached hydrogen (secondary N) is 1. The van der Waals surface area contributed by atoms with Crippen LogP contribution in [0.3, 0.4) is 0 Å². The number of halogens is 2. The smallest absolute Gasteiger partial charge is 0.447 e. The minimum Gasteiger partial charge on any atom is -0.447 e. The second kappa shape index (κ2) is 13.0. The summed E-state index contributed by atoms with van der Waals surface area (Å²) in [6, 6.07) is 11.5. The summed E-state index contributed by atoms with van der Waals surface area (Å²) in [7, 11) is -0.641. The van der Waals surface area contributed by atoms with E-state index in [1.165, 1.54) is 6.08 Å². The maximum Gasteiger partial charge on any atom is 0.482 e. The van der Waals surface area contributed by atoms with Crippen LogP contribution in [0.25, 0.3) is 0 Å². The van der Waals surface area contributed by atoms with Crippen LogP contribution in [0.2, 0.25) is 0 Å². The first-order valence-electron chi connectivity index (χ1n) is 17.5. The summed E-state index contributed by atoms with van der Waals surface area (Å²) in [5.41, 5.74) is -0.220. The van der Waals surface area contributed by atoms with E-state index in [9.17, 15) is 23.6 Å². The first kappa shape index (κ1) is 34.8. The number of alkyl carbamates (subject to hydrolysis) is 1. The Hall–Kier alpha value is -3.01. The molecule has 3 aliphatic carbocycles.